The second-order valence-corrected chi connectivity index (χ2v) is 3.84. The molecule has 1 aromatic carbocycles. The van der Waals surface area contributed by atoms with Crippen LogP contribution in [0.25, 0.3) is 0 Å². The number of nitro groups is 1. The highest BCUT2D eigenvalue weighted by Crippen LogP contribution is 2.31. The van der Waals surface area contributed by atoms with Gasteiger partial charge in [0.2, 0.25) is 0 Å². The van der Waals surface area contributed by atoms with Gasteiger partial charge in [-0.15, -0.1) is 0 Å². The lowest BCUT2D eigenvalue weighted by atomic mass is 9.98. The van der Waals surface area contributed by atoms with Crippen LogP contribution in [0.5, 0.6) is 5.75 Å². The van der Waals surface area contributed by atoms with Gasteiger partial charge in [-0.2, -0.15) is 0 Å². The molecule has 1 N–H and O–H groups in total. The zero-order valence-electron chi connectivity index (χ0n) is 9.36. The molecule has 0 spiro atoms. The van der Waals surface area contributed by atoms with Crippen LogP contribution in [0, 0.1) is 10.1 Å². The van der Waals surface area contributed by atoms with E-state index in [0.717, 1.165) is 12.1 Å². The van der Waals surface area contributed by atoms with Crippen LogP contribution in [-0.4, -0.2) is 33.7 Å². The molecule has 1 atom stereocenters. The number of ether oxygens (including phenoxy) is 1. The minimum absolute atomic E-state index is 0.0244. The Balaban J connectivity index is 2.36. The summed E-state index contributed by atoms with van der Waals surface area (Å²) in [4.78, 5) is 43.4. The monoisotopic (exact) mass is 265 g/mol. The number of benzene rings is 1. The molecule has 0 saturated carbocycles. The third-order valence-corrected chi connectivity index (χ3v) is 2.62. The molecule has 1 aromatic rings. The Morgan fingerprint density at radius 2 is 2.11 bits per heavy atom. The number of carboxylic acid groups (broad SMARTS) is 1. The number of ketones is 2. The highest BCUT2D eigenvalue weighted by atomic mass is 16.6. The lowest BCUT2D eigenvalue weighted by Gasteiger charge is -2.22. The molecule has 0 bridgehead atoms. The summed E-state index contributed by atoms with van der Waals surface area (Å²) in [5, 5.41) is 19.1. The molecule has 98 valence electrons. The zero-order valence-corrected chi connectivity index (χ0v) is 9.36. The Morgan fingerprint density at radius 1 is 1.42 bits per heavy atom. The molecule has 0 saturated heterocycles. The molecule has 1 unspecified atom stereocenters. The maximum Gasteiger partial charge on any atom is 0.376 e. The predicted octanol–water partition coefficient (Wildman–Crippen LogP) is 0.582. The van der Waals surface area contributed by atoms with Crippen molar-refractivity contribution in [1.29, 1.82) is 0 Å². The van der Waals surface area contributed by atoms with E-state index in [4.69, 9.17) is 9.84 Å². The van der Waals surface area contributed by atoms with Crippen molar-refractivity contribution in [2.75, 3.05) is 0 Å². The van der Waals surface area contributed by atoms with Crippen LogP contribution >= 0.6 is 0 Å². The summed E-state index contributed by atoms with van der Waals surface area (Å²) in [6.45, 7) is 0. The minimum atomic E-state index is -1.69. The van der Waals surface area contributed by atoms with Crippen molar-refractivity contribution < 1.29 is 29.2 Å². The normalized spacial score (nSPS) is 17.3. The lowest BCUT2D eigenvalue weighted by Crippen LogP contribution is -2.38. The molecule has 1 aliphatic heterocycles. The van der Waals surface area contributed by atoms with E-state index >= 15 is 0 Å². The zero-order chi connectivity index (χ0) is 14.2. The van der Waals surface area contributed by atoms with Gasteiger partial charge in [-0.1, -0.05) is 0 Å². The van der Waals surface area contributed by atoms with E-state index in [1.54, 1.807) is 0 Å². The first-order valence-electron chi connectivity index (χ1n) is 5.15. The van der Waals surface area contributed by atoms with Crippen LogP contribution in [0.3, 0.4) is 0 Å². The van der Waals surface area contributed by atoms with E-state index in [0.29, 0.717) is 0 Å². The molecule has 0 aromatic heterocycles. The highest BCUT2D eigenvalue weighted by Gasteiger charge is 2.35. The van der Waals surface area contributed by atoms with Gasteiger partial charge in [-0.05, 0) is 6.07 Å². The lowest BCUT2D eigenvalue weighted by molar-refractivity contribution is -0.384. The van der Waals surface area contributed by atoms with E-state index in [2.05, 4.69) is 0 Å². The number of carbonyl (C=O) groups excluding carboxylic acids is 2. The molecule has 0 aliphatic carbocycles. The van der Waals surface area contributed by atoms with Gasteiger partial charge >= 0.3 is 5.97 Å². The van der Waals surface area contributed by atoms with Crippen molar-refractivity contribution in [2.45, 2.75) is 12.5 Å². The standard InChI is InChI=1S/C11H7NO7/c13-7-4-9(10(14)11(15)16)19-8-2-1-5(12(17)18)3-6(7)8/h1-3,9H,4H2,(H,15,16). The number of non-ortho nitro benzene ring substituents is 1. The van der Waals surface area contributed by atoms with Crippen LogP contribution in [0.15, 0.2) is 18.2 Å². The number of rotatable bonds is 3. The van der Waals surface area contributed by atoms with Crippen LogP contribution < -0.4 is 4.74 Å². The second kappa shape index (κ2) is 4.48. The Kier molecular flexibility index (Phi) is 2.99. The number of hydrogen-bond donors (Lipinski definition) is 1. The van der Waals surface area contributed by atoms with Gasteiger partial charge in [0.25, 0.3) is 11.5 Å². The fraction of sp³-hybridized carbons (Fsp3) is 0.182. The van der Waals surface area contributed by atoms with Gasteiger partial charge in [-0.25, -0.2) is 4.79 Å². The van der Waals surface area contributed by atoms with Crippen molar-refractivity contribution in [3.63, 3.8) is 0 Å². The van der Waals surface area contributed by atoms with E-state index < -0.39 is 35.0 Å². The third kappa shape index (κ3) is 2.28. The molecule has 19 heavy (non-hydrogen) atoms. The highest BCUT2D eigenvalue weighted by molar-refractivity contribution is 6.35. The van der Waals surface area contributed by atoms with Gasteiger partial charge < -0.3 is 9.84 Å². The molecular weight excluding hydrogens is 258 g/mol. The van der Waals surface area contributed by atoms with E-state index in [9.17, 15) is 24.5 Å². The van der Waals surface area contributed by atoms with Gasteiger partial charge in [0.15, 0.2) is 11.9 Å². The van der Waals surface area contributed by atoms with Crippen molar-refractivity contribution in [3.05, 3.63) is 33.9 Å². The van der Waals surface area contributed by atoms with Crippen LogP contribution in [0.2, 0.25) is 0 Å². The maximum absolute atomic E-state index is 11.8. The summed E-state index contributed by atoms with van der Waals surface area (Å²) in [5.74, 6) is -3.51. The fourth-order valence-corrected chi connectivity index (χ4v) is 1.71. The van der Waals surface area contributed by atoms with Crippen molar-refractivity contribution in [1.82, 2.24) is 0 Å². The summed E-state index contributed by atoms with van der Waals surface area (Å²) < 4.78 is 5.09. The second-order valence-electron chi connectivity index (χ2n) is 3.84. The SMILES string of the molecule is O=C(O)C(=O)C1CC(=O)c2cc([N+](=O)[O-])ccc2O1. The van der Waals surface area contributed by atoms with Crippen molar-refractivity contribution in [3.8, 4) is 5.75 Å². The van der Waals surface area contributed by atoms with Crippen molar-refractivity contribution in [2.24, 2.45) is 0 Å². The first kappa shape index (κ1) is 12.7. The number of Topliss-reactive ketones (excluding diaryl/α,β-unsaturated/α-hetero) is 2. The molecular formula is C11H7NO7. The van der Waals surface area contributed by atoms with Gasteiger partial charge in [0.1, 0.15) is 5.75 Å². The number of nitro benzene ring substituents is 1. The van der Waals surface area contributed by atoms with Crippen LogP contribution in [0.1, 0.15) is 16.8 Å². The summed E-state index contributed by atoms with van der Waals surface area (Å²) >= 11 is 0. The average Bonchev–Trinajstić information content (AvgIpc) is 2.37. The van der Waals surface area contributed by atoms with Gasteiger partial charge in [-0.3, -0.25) is 19.7 Å². The van der Waals surface area contributed by atoms with Crippen molar-refractivity contribution >= 4 is 23.2 Å². The quantitative estimate of drug-likeness (QED) is 0.481. The van der Waals surface area contributed by atoms with Gasteiger partial charge in [0, 0.05) is 12.1 Å². The topological polar surface area (TPSA) is 124 Å². The van der Waals surface area contributed by atoms with Gasteiger partial charge in [0.05, 0.1) is 16.9 Å². The molecule has 0 radical (unpaired) electrons. The molecule has 8 nitrogen and oxygen atoms in total. The Labute approximate surface area is 105 Å². The predicted molar refractivity (Wildman–Crippen MR) is 59.1 cm³/mol. The number of carboxylic acids is 1. The number of carbonyl (C=O) groups is 3. The first-order chi connectivity index (χ1) is 8.90. The summed E-state index contributed by atoms with van der Waals surface area (Å²) in [7, 11) is 0. The Morgan fingerprint density at radius 3 is 2.68 bits per heavy atom. The largest absolute Gasteiger partial charge is 0.481 e. The number of aliphatic carboxylic acids is 1. The van der Waals surface area contributed by atoms with E-state index in [1.807, 2.05) is 0 Å². The number of nitrogens with zero attached hydrogens (tertiary/aromatic N) is 1. The third-order valence-electron chi connectivity index (χ3n) is 2.62. The average molecular weight is 265 g/mol. The smallest absolute Gasteiger partial charge is 0.376 e. The summed E-state index contributed by atoms with van der Waals surface area (Å²) in [6.07, 6.45) is -1.83. The molecule has 8 heteroatoms. The fourth-order valence-electron chi connectivity index (χ4n) is 1.71. The number of fused-ring (bicyclic) bond motifs is 1. The summed E-state index contributed by atoms with van der Waals surface area (Å²) in [6, 6.07) is 3.32. The molecule has 2 rings (SSSR count). The maximum atomic E-state index is 11.8. The summed E-state index contributed by atoms with van der Waals surface area (Å²) in [5.41, 5.74) is -0.303. The van der Waals surface area contributed by atoms with E-state index in [-0.39, 0.29) is 17.0 Å². The first-order valence-corrected chi connectivity index (χ1v) is 5.15. The van der Waals surface area contributed by atoms with E-state index in [1.165, 1.54) is 6.07 Å². The van der Waals surface area contributed by atoms with Crippen LogP contribution in [-0.2, 0) is 9.59 Å². The van der Waals surface area contributed by atoms with Crippen LogP contribution in [0.4, 0.5) is 5.69 Å². The molecule has 0 fully saturated rings. The molecule has 1 aliphatic rings. The number of hydrogen-bond acceptors (Lipinski definition) is 6. The molecule has 0 amide bonds. The Hall–Kier alpha value is -2.77. The minimum Gasteiger partial charge on any atom is -0.481 e. The molecule has 1 heterocycles. The Bertz CT molecular complexity index is 607.